The number of hydrogen-bond donors (Lipinski definition) is 1. The molecule has 0 saturated heterocycles. The molecule has 1 N–H and O–H groups in total. The molecule has 4 rings (SSSR count). The largest absolute Gasteiger partial charge is 0.496 e. The smallest absolute Gasteiger partial charge is 0.246 e. The van der Waals surface area contributed by atoms with Crippen LogP contribution in [0.4, 0.5) is 5.82 Å². The van der Waals surface area contributed by atoms with Crippen molar-refractivity contribution < 1.29 is 14.3 Å². The van der Waals surface area contributed by atoms with Crippen LogP contribution in [0.5, 0.6) is 5.75 Å². The molecule has 0 spiro atoms. The monoisotopic (exact) mass is 390 g/mol. The molecule has 2 aromatic rings. The van der Waals surface area contributed by atoms with Crippen molar-refractivity contribution in [3.05, 3.63) is 59.6 Å². The maximum atomic E-state index is 12.6. The normalized spacial score (nSPS) is 16.2. The third kappa shape index (κ3) is 4.18. The summed E-state index contributed by atoms with van der Waals surface area (Å²) in [5.41, 5.74) is 3.96. The third-order valence-electron chi connectivity index (χ3n) is 5.15. The molecule has 2 aromatic heterocycles. The average Bonchev–Trinajstić information content (AvgIpc) is 2.77. The lowest BCUT2D eigenvalue weighted by Gasteiger charge is -2.26. The van der Waals surface area contributed by atoms with Crippen molar-refractivity contribution >= 4 is 29.3 Å². The van der Waals surface area contributed by atoms with Crippen LogP contribution in [-0.2, 0) is 16.0 Å². The van der Waals surface area contributed by atoms with Gasteiger partial charge in [0.05, 0.1) is 7.11 Å². The van der Waals surface area contributed by atoms with Gasteiger partial charge in [0.15, 0.2) is 0 Å². The highest BCUT2D eigenvalue weighted by Crippen LogP contribution is 2.29. The number of carbonyl (C=O) groups is 2. The number of methoxy groups -OCH3 is 1. The Morgan fingerprint density at radius 2 is 2.17 bits per heavy atom. The summed E-state index contributed by atoms with van der Waals surface area (Å²) in [5.74, 6) is 1.36. The second-order valence-electron chi connectivity index (χ2n) is 7.00. The van der Waals surface area contributed by atoms with Gasteiger partial charge in [0.2, 0.25) is 11.8 Å². The lowest BCUT2D eigenvalue weighted by molar-refractivity contribution is -0.125. The van der Waals surface area contributed by atoms with Gasteiger partial charge in [-0.3, -0.25) is 14.6 Å². The van der Waals surface area contributed by atoms with Crippen molar-refractivity contribution in [2.24, 2.45) is 0 Å². The van der Waals surface area contributed by atoms with Crippen molar-refractivity contribution in [1.29, 1.82) is 0 Å². The number of hydrogen-bond acceptors (Lipinski definition) is 5. The molecule has 0 bridgehead atoms. The number of nitrogens with zero attached hydrogens (tertiary/aromatic N) is 3. The van der Waals surface area contributed by atoms with E-state index in [1.165, 1.54) is 0 Å². The molecule has 2 aliphatic heterocycles. The van der Waals surface area contributed by atoms with Gasteiger partial charge in [-0.05, 0) is 47.8 Å². The van der Waals surface area contributed by atoms with Crippen LogP contribution < -0.4 is 10.1 Å². The first-order valence-corrected chi connectivity index (χ1v) is 9.57. The quantitative estimate of drug-likeness (QED) is 0.812. The number of anilines is 1. The van der Waals surface area contributed by atoms with E-state index in [2.05, 4.69) is 21.4 Å². The van der Waals surface area contributed by atoms with Crippen molar-refractivity contribution in [3.8, 4) is 5.75 Å². The van der Waals surface area contributed by atoms with Gasteiger partial charge in [-0.1, -0.05) is 6.08 Å². The third-order valence-corrected chi connectivity index (χ3v) is 5.15. The van der Waals surface area contributed by atoms with Crippen molar-refractivity contribution in [3.63, 3.8) is 0 Å². The van der Waals surface area contributed by atoms with Gasteiger partial charge in [-0.2, -0.15) is 0 Å². The summed E-state index contributed by atoms with van der Waals surface area (Å²) in [4.78, 5) is 34.2. The van der Waals surface area contributed by atoms with Crippen LogP contribution in [0.25, 0.3) is 11.6 Å². The van der Waals surface area contributed by atoms with Gasteiger partial charge in [0.1, 0.15) is 11.6 Å². The zero-order chi connectivity index (χ0) is 20.2. The van der Waals surface area contributed by atoms with Crippen LogP contribution in [0, 0.1) is 0 Å². The molecule has 0 aliphatic carbocycles. The molecule has 7 heteroatoms. The van der Waals surface area contributed by atoms with E-state index < -0.39 is 0 Å². The van der Waals surface area contributed by atoms with Crippen molar-refractivity contribution in [2.75, 3.05) is 25.5 Å². The number of ether oxygens (including phenoxy) is 1. The number of rotatable bonds is 4. The van der Waals surface area contributed by atoms with Crippen LogP contribution in [0.15, 0.2) is 42.9 Å². The molecule has 7 nitrogen and oxygen atoms in total. The number of amides is 2. The zero-order valence-electron chi connectivity index (χ0n) is 16.2. The Bertz CT molecular complexity index is 1010. The molecular weight excluding hydrogens is 368 g/mol. The molecule has 0 atom stereocenters. The van der Waals surface area contributed by atoms with E-state index in [-0.39, 0.29) is 11.8 Å². The number of aromatic nitrogens is 2. The number of nitrogens with one attached hydrogen (secondary N) is 1. The predicted octanol–water partition coefficient (Wildman–Crippen LogP) is 2.70. The van der Waals surface area contributed by atoms with E-state index in [1.54, 1.807) is 42.8 Å². The Balaban J connectivity index is 1.41. The van der Waals surface area contributed by atoms with Gasteiger partial charge in [0.25, 0.3) is 0 Å². The fraction of sp³-hybridized carbons (Fsp3) is 0.273. The Morgan fingerprint density at radius 1 is 1.28 bits per heavy atom. The lowest BCUT2D eigenvalue weighted by Crippen LogP contribution is -2.33. The van der Waals surface area contributed by atoms with E-state index >= 15 is 0 Å². The topological polar surface area (TPSA) is 84.4 Å². The maximum Gasteiger partial charge on any atom is 0.246 e. The van der Waals surface area contributed by atoms with Crippen molar-refractivity contribution in [1.82, 2.24) is 14.9 Å². The highest BCUT2D eigenvalue weighted by molar-refractivity contribution is 5.94. The molecule has 0 fully saturated rings. The molecule has 0 unspecified atom stereocenters. The van der Waals surface area contributed by atoms with Gasteiger partial charge >= 0.3 is 0 Å². The first-order chi connectivity index (χ1) is 14.1. The Hall–Kier alpha value is -3.48. The summed E-state index contributed by atoms with van der Waals surface area (Å²) < 4.78 is 5.40. The fourth-order valence-electron chi connectivity index (χ4n) is 3.55. The molecular formula is C22H22N4O3. The molecule has 2 aliphatic rings. The van der Waals surface area contributed by atoms with Crippen molar-refractivity contribution in [2.45, 2.75) is 19.3 Å². The molecule has 148 valence electrons. The molecule has 4 heterocycles. The molecule has 0 radical (unpaired) electrons. The number of fused-ring (bicyclic) bond motifs is 1. The summed E-state index contributed by atoms with van der Waals surface area (Å²) in [5, 5.41) is 2.76. The SMILES string of the molecule is COc1ccncc1C1=CCN(C(=O)C=Cc2cnc3c(c2)CCC(=O)N3)CC1. The van der Waals surface area contributed by atoms with Crippen LogP contribution in [0.2, 0.25) is 0 Å². The van der Waals surface area contributed by atoms with Crippen LogP contribution >= 0.6 is 0 Å². The van der Waals surface area contributed by atoms with E-state index in [0.29, 0.717) is 31.7 Å². The molecule has 0 saturated carbocycles. The highest BCUT2D eigenvalue weighted by atomic mass is 16.5. The summed E-state index contributed by atoms with van der Waals surface area (Å²) in [6.45, 7) is 1.19. The summed E-state index contributed by atoms with van der Waals surface area (Å²) >= 11 is 0. The molecule has 0 aromatic carbocycles. The Labute approximate surface area is 169 Å². The van der Waals surface area contributed by atoms with E-state index in [9.17, 15) is 9.59 Å². The first-order valence-electron chi connectivity index (χ1n) is 9.57. The summed E-state index contributed by atoms with van der Waals surface area (Å²) in [6.07, 6.45) is 12.5. The standard InChI is InChI=1S/C22H22N4O3/c1-29-19-6-9-23-14-18(19)16-7-10-26(11-8-16)21(28)5-2-15-12-17-3-4-20(27)25-22(17)24-13-15/h2,5-7,9,12-14H,3-4,8,10-11H2,1H3,(H,24,25,27). The first kappa shape index (κ1) is 18.9. The zero-order valence-corrected chi connectivity index (χ0v) is 16.2. The lowest BCUT2D eigenvalue weighted by atomic mass is 10.00. The molecule has 2 amide bonds. The van der Waals surface area contributed by atoms with E-state index in [1.807, 2.05) is 12.1 Å². The van der Waals surface area contributed by atoms with Crippen LogP contribution in [-0.4, -0.2) is 46.9 Å². The van der Waals surface area contributed by atoms with Crippen LogP contribution in [0.1, 0.15) is 29.5 Å². The fourth-order valence-corrected chi connectivity index (χ4v) is 3.55. The van der Waals surface area contributed by atoms with E-state index in [4.69, 9.17) is 4.74 Å². The minimum atomic E-state index is -0.0375. The number of aryl methyl sites for hydroxylation is 1. The number of carbonyl (C=O) groups excluding carboxylic acids is 2. The highest BCUT2D eigenvalue weighted by Gasteiger charge is 2.19. The summed E-state index contributed by atoms with van der Waals surface area (Å²) in [6, 6.07) is 3.81. The maximum absolute atomic E-state index is 12.6. The summed E-state index contributed by atoms with van der Waals surface area (Å²) in [7, 11) is 1.65. The van der Waals surface area contributed by atoms with Gasteiger partial charge in [0, 0.05) is 49.7 Å². The predicted molar refractivity (Wildman–Crippen MR) is 110 cm³/mol. The Kier molecular flexibility index (Phi) is 5.37. The van der Waals surface area contributed by atoms with Gasteiger partial charge < -0.3 is 15.0 Å². The molecule has 29 heavy (non-hydrogen) atoms. The minimum absolute atomic E-state index is 0.00936. The Morgan fingerprint density at radius 3 is 2.97 bits per heavy atom. The van der Waals surface area contributed by atoms with Gasteiger partial charge in [-0.25, -0.2) is 4.98 Å². The number of pyridine rings is 2. The average molecular weight is 390 g/mol. The second kappa shape index (κ2) is 8.26. The second-order valence-corrected chi connectivity index (χ2v) is 7.00. The van der Waals surface area contributed by atoms with E-state index in [0.717, 1.165) is 34.4 Å². The van der Waals surface area contributed by atoms with Crippen LogP contribution in [0.3, 0.4) is 0 Å². The minimum Gasteiger partial charge on any atom is -0.496 e. The van der Waals surface area contributed by atoms with Gasteiger partial charge in [-0.15, -0.1) is 0 Å².